The Morgan fingerprint density at radius 2 is 1.74 bits per heavy atom. The first-order valence-electron chi connectivity index (χ1n) is 8.60. The lowest BCUT2D eigenvalue weighted by molar-refractivity contribution is 0.102. The number of anilines is 3. The van der Waals surface area contributed by atoms with E-state index in [1.165, 1.54) is 0 Å². The molecule has 6 heteroatoms. The van der Waals surface area contributed by atoms with E-state index in [9.17, 15) is 4.79 Å². The molecule has 138 valence electrons. The summed E-state index contributed by atoms with van der Waals surface area (Å²) < 4.78 is 10.6. The Morgan fingerprint density at radius 1 is 1.00 bits per heavy atom. The number of benzene rings is 2. The predicted octanol–water partition coefficient (Wildman–Crippen LogP) is 4.48. The normalized spacial score (nSPS) is 10.1. The smallest absolute Gasteiger partial charge is 0.261 e. The monoisotopic (exact) mass is 363 g/mol. The summed E-state index contributed by atoms with van der Waals surface area (Å²) in [7, 11) is 1.63. The van der Waals surface area contributed by atoms with Gasteiger partial charge < -0.3 is 20.1 Å². The van der Waals surface area contributed by atoms with E-state index >= 15 is 0 Å². The van der Waals surface area contributed by atoms with E-state index < -0.39 is 0 Å². The highest BCUT2D eigenvalue weighted by molar-refractivity contribution is 6.07. The molecule has 1 heterocycles. The maximum absolute atomic E-state index is 12.7. The van der Waals surface area contributed by atoms with Crippen LogP contribution >= 0.6 is 0 Å². The average molecular weight is 363 g/mol. The van der Waals surface area contributed by atoms with E-state index in [2.05, 4.69) is 15.6 Å². The first-order chi connectivity index (χ1) is 13.2. The number of rotatable bonds is 7. The van der Waals surface area contributed by atoms with E-state index in [0.717, 1.165) is 17.1 Å². The van der Waals surface area contributed by atoms with Crippen LogP contribution in [0.15, 0.2) is 66.9 Å². The fourth-order valence-corrected chi connectivity index (χ4v) is 2.54. The van der Waals surface area contributed by atoms with E-state index in [1.807, 2.05) is 55.5 Å². The second kappa shape index (κ2) is 8.71. The van der Waals surface area contributed by atoms with Crippen molar-refractivity contribution >= 4 is 23.0 Å². The van der Waals surface area contributed by atoms with Gasteiger partial charge in [0.15, 0.2) is 0 Å². The number of nitrogens with one attached hydrogen (secondary N) is 2. The standard InChI is InChI=1S/C21H21N3O3/c1-3-27-21-17(7-6-14-22-21)20(25)24-19-9-5-4-8-18(19)23-15-10-12-16(26-2)13-11-15/h4-14,23H,3H2,1-2H3,(H,24,25). The molecule has 0 radical (unpaired) electrons. The molecule has 2 N–H and O–H groups in total. The lowest BCUT2D eigenvalue weighted by Gasteiger charge is -2.14. The number of ether oxygens (including phenoxy) is 2. The molecule has 27 heavy (non-hydrogen) atoms. The van der Waals surface area contributed by atoms with Crippen molar-refractivity contribution in [2.45, 2.75) is 6.92 Å². The maximum Gasteiger partial charge on any atom is 0.261 e. The molecular weight excluding hydrogens is 342 g/mol. The quantitative estimate of drug-likeness (QED) is 0.647. The molecule has 0 bridgehead atoms. The van der Waals surface area contributed by atoms with Crippen LogP contribution in [0.5, 0.6) is 11.6 Å². The van der Waals surface area contributed by atoms with Gasteiger partial charge in [-0.15, -0.1) is 0 Å². The summed E-state index contributed by atoms with van der Waals surface area (Å²) in [6.45, 7) is 2.29. The molecule has 0 aliphatic heterocycles. The zero-order valence-corrected chi connectivity index (χ0v) is 15.2. The highest BCUT2D eigenvalue weighted by Crippen LogP contribution is 2.27. The van der Waals surface area contributed by atoms with Crippen molar-refractivity contribution in [2.24, 2.45) is 0 Å². The third-order valence-corrected chi connectivity index (χ3v) is 3.84. The molecule has 3 rings (SSSR count). The molecule has 0 aliphatic carbocycles. The Balaban J connectivity index is 1.80. The fraction of sp³-hybridized carbons (Fsp3) is 0.143. The summed E-state index contributed by atoms with van der Waals surface area (Å²) in [6.07, 6.45) is 1.60. The van der Waals surface area contributed by atoms with Crippen molar-refractivity contribution in [3.8, 4) is 11.6 Å². The molecular formula is C21H21N3O3. The van der Waals surface area contributed by atoms with Crippen LogP contribution in [0.25, 0.3) is 0 Å². The second-order valence-electron chi connectivity index (χ2n) is 5.64. The summed E-state index contributed by atoms with van der Waals surface area (Å²) in [5, 5.41) is 6.23. The summed E-state index contributed by atoms with van der Waals surface area (Å²) in [4.78, 5) is 16.8. The molecule has 0 saturated carbocycles. The largest absolute Gasteiger partial charge is 0.497 e. The van der Waals surface area contributed by atoms with Gasteiger partial charge in [0.2, 0.25) is 5.88 Å². The lowest BCUT2D eigenvalue weighted by atomic mass is 10.2. The van der Waals surface area contributed by atoms with Gasteiger partial charge in [-0.25, -0.2) is 4.98 Å². The van der Waals surface area contributed by atoms with Gasteiger partial charge in [0.25, 0.3) is 5.91 Å². The third kappa shape index (κ3) is 4.55. The van der Waals surface area contributed by atoms with Gasteiger partial charge in [0, 0.05) is 11.9 Å². The topological polar surface area (TPSA) is 72.5 Å². The number of carbonyl (C=O) groups excluding carboxylic acids is 1. The van der Waals surface area contributed by atoms with E-state index in [1.54, 1.807) is 25.4 Å². The molecule has 0 saturated heterocycles. The van der Waals surface area contributed by atoms with Crippen LogP contribution in [0.1, 0.15) is 17.3 Å². The number of hydrogen-bond acceptors (Lipinski definition) is 5. The van der Waals surface area contributed by atoms with Gasteiger partial charge in [-0.05, 0) is 55.5 Å². The number of para-hydroxylation sites is 2. The third-order valence-electron chi connectivity index (χ3n) is 3.84. The number of pyridine rings is 1. The van der Waals surface area contributed by atoms with Gasteiger partial charge in [0.05, 0.1) is 25.1 Å². The van der Waals surface area contributed by atoms with Gasteiger partial charge >= 0.3 is 0 Å². The SMILES string of the molecule is CCOc1ncccc1C(=O)Nc1ccccc1Nc1ccc(OC)cc1. The summed E-state index contributed by atoms with van der Waals surface area (Å²) in [5.41, 5.74) is 2.70. The van der Waals surface area contributed by atoms with E-state index in [0.29, 0.717) is 23.7 Å². The molecule has 1 aromatic heterocycles. The molecule has 0 spiro atoms. The zero-order valence-electron chi connectivity index (χ0n) is 15.2. The number of aromatic nitrogens is 1. The zero-order chi connectivity index (χ0) is 19.1. The maximum atomic E-state index is 12.7. The van der Waals surface area contributed by atoms with Crippen LogP contribution < -0.4 is 20.1 Å². The number of methoxy groups -OCH3 is 1. The van der Waals surface area contributed by atoms with Gasteiger partial charge in [0.1, 0.15) is 11.3 Å². The molecule has 0 atom stereocenters. The van der Waals surface area contributed by atoms with Gasteiger partial charge in [-0.3, -0.25) is 4.79 Å². The Morgan fingerprint density at radius 3 is 2.44 bits per heavy atom. The first kappa shape index (κ1) is 18.3. The molecule has 0 aliphatic rings. The summed E-state index contributed by atoms with van der Waals surface area (Å²) in [6, 6.07) is 18.4. The minimum atomic E-state index is -0.282. The lowest BCUT2D eigenvalue weighted by Crippen LogP contribution is -2.15. The van der Waals surface area contributed by atoms with E-state index in [-0.39, 0.29) is 5.91 Å². The summed E-state index contributed by atoms with van der Waals surface area (Å²) in [5.74, 6) is 0.816. The summed E-state index contributed by atoms with van der Waals surface area (Å²) >= 11 is 0. The van der Waals surface area contributed by atoms with E-state index in [4.69, 9.17) is 9.47 Å². The highest BCUT2D eigenvalue weighted by Gasteiger charge is 2.15. The van der Waals surface area contributed by atoms with Gasteiger partial charge in [-0.2, -0.15) is 0 Å². The second-order valence-corrected chi connectivity index (χ2v) is 5.64. The van der Waals surface area contributed by atoms with Crippen LogP contribution in [0.4, 0.5) is 17.1 Å². The number of nitrogens with zero attached hydrogens (tertiary/aromatic N) is 1. The minimum absolute atomic E-state index is 0.282. The van der Waals surface area contributed by atoms with Crippen molar-refractivity contribution in [1.29, 1.82) is 0 Å². The highest BCUT2D eigenvalue weighted by atomic mass is 16.5. The fourth-order valence-electron chi connectivity index (χ4n) is 2.54. The van der Waals surface area contributed by atoms with Crippen LogP contribution in [0, 0.1) is 0 Å². The molecule has 6 nitrogen and oxygen atoms in total. The predicted molar refractivity (Wildman–Crippen MR) is 106 cm³/mol. The van der Waals surface area contributed by atoms with Crippen molar-refractivity contribution in [3.05, 3.63) is 72.4 Å². The van der Waals surface area contributed by atoms with Crippen molar-refractivity contribution in [3.63, 3.8) is 0 Å². The van der Waals surface area contributed by atoms with Crippen molar-refractivity contribution < 1.29 is 14.3 Å². The minimum Gasteiger partial charge on any atom is -0.497 e. The molecule has 0 fully saturated rings. The Kier molecular flexibility index (Phi) is 5.89. The first-order valence-corrected chi connectivity index (χ1v) is 8.60. The number of hydrogen-bond donors (Lipinski definition) is 2. The number of amides is 1. The van der Waals surface area contributed by atoms with Gasteiger partial charge in [-0.1, -0.05) is 12.1 Å². The van der Waals surface area contributed by atoms with Crippen molar-refractivity contribution in [1.82, 2.24) is 4.98 Å². The molecule has 1 amide bonds. The van der Waals surface area contributed by atoms with Crippen molar-refractivity contribution in [2.75, 3.05) is 24.4 Å². The Hall–Kier alpha value is -3.54. The molecule has 3 aromatic rings. The molecule has 2 aromatic carbocycles. The van der Waals surface area contributed by atoms with Crippen LogP contribution in [0.2, 0.25) is 0 Å². The van der Waals surface area contributed by atoms with Crippen LogP contribution in [-0.4, -0.2) is 24.6 Å². The Labute approximate surface area is 158 Å². The van der Waals surface area contributed by atoms with Crippen LogP contribution in [0.3, 0.4) is 0 Å². The van der Waals surface area contributed by atoms with Crippen LogP contribution in [-0.2, 0) is 0 Å². The molecule has 0 unspecified atom stereocenters. The Bertz CT molecular complexity index is 911. The number of carbonyl (C=O) groups is 1. The average Bonchev–Trinajstić information content (AvgIpc) is 2.70.